The molecule has 0 aliphatic rings. The van der Waals surface area contributed by atoms with Gasteiger partial charge in [0.25, 0.3) is 0 Å². The molecule has 0 spiro atoms. The number of hydrogen-bond donors (Lipinski definition) is 4. The van der Waals surface area contributed by atoms with Gasteiger partial charge in [0.05, 0.1) is 0 Å². The summed E-state index contributed by atoms with van der Waals surface area (Å²) < 4.78 is 0. The van der Waals surface area contributed by atoms with Crippen molar-refractivity contribution in [1.29, 1.82) is 0 Å². The lowest BCUT2D eigenvalue weighted by Crippen LogP contribution is -2.42. The predicted octanol–water partition coefficient (Wildman–Crippen LogP) is -1.09. The Balaban J connectivity index is 2.33. The molecule has 0 bridgehead atoms. The maximum absolute atomic E-state index is 5.29. The van der Waals surface area contributed by atoms with Crippen LogP contribution in [0.25, 0.3) is 0 Å². The number of unbranched alkanes of at least 4 members (excludes halogenated alkanes) is 1. The number of hydrogen-bond acceptors (Lipinski definition) is 5. The van der Waals surface area contributed by atoms with Crippen LogP contribution in [0.5, 0.6) is 0 Å². The number of guanidine groups is 1. The van der Waals surface area contributed by atoms with E-state index in [1.54, 1.807) is 0 Å². The number of aromatic nitrogens is 4. The number of nitrogens with two attached hydrogens (primary N) is 1. The first-order chi connectivity index (χ1) is 7.36. The van der Waals surface area contributed by atoms with Crippen molar-refractivity contribution in [3.05, 3.63) is 5.82 Å². The van der Waals surface area contributed by atoms with Crippen LogP contribution in [0, 0.1) is 0 Å². The molecule has 15 heavy (non-hydrogen) atoms. The van der Waals surface area contributed by atoms with Gasteiger partial charge in [0.2, 0.25) is 5.96 Å². The van der Waals surface area contributed by atoms with Crippen molar-refractivity contribution in [3.63, 3.8) is 0 Å². The second-order valence-electron chi connectivity index (χ2n) is 2.92. The van der Waals surface area contributed by atoms with Crippen molar-refractivity contribution in [2.45, 2.75) is 26.3 Å². The summed E-state index contributed by atoms with van der Waals surface area (Å²) in [5.74, 6) is 6.35. The molecule has 84 valence electrons. The molecule has 1 heterocycles. The molecule has 1 aromatic rings. The molecule has 8 nitrogen and oxygen atoms in total. The first-order valence-corrected chi connectivity index (χ1v) is 4.84. The molecule has 0 atom stereocenters. The molecule has 0 saturated heterocycles. The van der Waals surface area contributed by atoms with Crippen LogP contribution in [0.1, 0.15) is 25.6 Å². The highest BCUT2D eigenvalue weighted by molar-refractivity contribution is 5.78. The van der Waals surface area contributed by atoms with E-state index in [2.05, 4.69) is 43.3 Å². The number of nitrogens with zero attached hydrogens (tertiary/aromatic N) is 4. The number of aliphatic imine (C=N–C) groups is 1. The smallest absolute Gasteiger partial charge is 0.206 e. The molecule has 0 radical (unpaired) electrons. The van der Waals surface area contributed by atoms with Crippen LogP contribution in [0.4, 0.5) is 0 Å². The van der Waals surface area contributed by atoms with E-state index in [1.807, 2.05) is 0 Å². The van der Waals surface area contributed by atoms with Gasteiger partial charge in [-0.15, -0.1) is 10.2 Å². The van der Waals surface area contributed by atoms with Gasteiger partial charge in [-0.3, -0.25) is 5.43 Å². The molecule has 0 aliphatic heterocycles. The number of nitrogens with one attached hydrogen (secondary N) is 3. The van der Waals surface area contributed by atoms with E-state index in [9.17, 15) is 0 Å². The average molecular weight is 212 g/mol. The Kier molecular flexibility index (Phi) is 5.09. The highest BCUT2D eigenvalue weighted by atomic mass is 15.5. The summed E-state index contributed by atoms with van der Waals surface area (Å²) >= 11 is 0. The standard InChI is InChI=1S/C7H16N8/c1-2-3-4-9-7(11-8)10-5-6-12-14-15-13-6/h2-5,8H2,1H3,(H2,9,10,11)(H,12,13,14,15). The zero-order valence-electron chi connectivity index (χ0n) is 8.69. The fourth-order valence-corrected chi connectivity index (χ4v) is 0.935. The molecule has 1 rings (SSSR count). The molecule has 0 saturated carbocycles. The van der Waals surface area contributed by atoms with Crippen LogP contribution >= 0.6 is 0 Å². The van der Waals surface area contributed by atoms with E-state index in [0.29, 0.717) is 18.3 Å². The zero-order valence-corrected chi connectivity index (χ0v) is 8.69. The molecule has 8 heteroatoms. The largest absolute Gasteiger partial charge is 0.355 e. The van der Waals surface area contributed by atoms with E-state index < -0.39 is 0 Å². The van der Waals surface area contributed by atoms with Crippen LogP contribution < -0.4 is 16.6 Å². The molecular formula is C7H16N8. The molecule has 0 unspecified atom stereocenters. The minimum atomic E-state index is 0.342. The van der Waals surface area contributed by atoms with Gasteiger partial charge in [-0.2, -0.15) is 5.21 Å². The predicted molar refractivity (Wildman–Crippen MR) is 55.6 cm³/mol. The molecule has 5 N–H and O–H groups in total. The van der Waals surface area contributed by atoms with Crippen LogP contribution in [0.2, 0.25) is 0 Å². The fourth-order valence-electron chi connectivity index (χ4n) is 0.935. The van der Waals surface area contributed by atoms with Gasteiger partial charge in [-0.1, -0.05) is 18.6 Å². The second-order valence-corrected chi connectivity index (χ2v) is 2.92. The van der Waals surface area contributed by atoms with E-state index >= 15 is 0 Å². The molecular weight excluding hydrogens is 196 g/mol. The first-order valence-electron chi connectivity index (χ1n) is 4.84. The summed E-state index contributed by atoms with van der Waals surface area (Å²) in [4.78, 5) is 4.14. The fraction of sp³-hybridized carbons (Fsp3) is 0.714. The van der Waals surface area contributed by atoms with Gasteiger partial charge in [-0.25, -0.2) is 10.8 Å². The molecule has 1 aromatic heterocycles. The van der Waals surface area contributed by atoms with Crippen molar-refractivity contribution in [2.24, 2.45) is 10.8 Å². The number of aromatic amines is 1. The Morgan fingerprint density at radius 2 is 2.47 bits per heavy atom. The van der Waals surface area contributed by atoms with Crippen molar-refractivity contribution >= 4 is 5.96 Å². The lowest BCUT2D eigenvalue weighted by atomic mass is 10.3. The zero-order chi connectivity index (χ0) is 10.9. The summed E-state index contributed by atoms with van der Waals surface area (Å²) in [5.41, 5.74) is 2.48. The first kappa shape index (κ1) is 11.4. The SMILES string of the molecule is CCCCNC(=NCc1nn[nH]n1)NN. The van der Waals surface area contributed by atoms with Gasteiger partial charge in [0.15, 0.2) is 5.82 Å². The number of H-pyrrole nitrogens is 1. The minimum absolute atomic E-state index is 0.342. The Morgan fingerprint density at radius 3 is 3.07 bits per heavy atom. The van der Waals surface area contributed by atoms with E-state index in [0.717, 1.165) is 19.4 Å². The third-order valence-electron chi connectivity index (χ3n) is 1.73. The summed E-state index contributed by atoms with van der Waals surface area (Å²) in [7, 11) is 0. The van der Waals surface area contributed by atoms with Crippen LogP contribution in [-0.2, 0) is 6.54 Å². The number of tetrazole rings is 1. The maximum Gasteiger partial charge on any atom is 0.206 e. The van der Waals surface area contributed by atoms with Crippen molar-refractivity contribution in [1.82, 2.24) is 31.4 Å². The van der Waals surface area contributed by atoms with E-state index in [1.165, 1.54) is 0 Å². The Labute approximate surface area is 87.7 Å². The summed E-state index contributed by atoms with van der Waals surface area (Å²) in [5, 5.41) is 16.4. The quantitative estimate of drug-likeness (QED) is 0.162. The van der Waals surface area contributed by atoms with Crippen LogP contribution in [0.15, 0.2) is 4.99 Å². The highest BCUT2D eigenvalue weighted by Crippen LogP contribution is 1.87. The van der Waals surface area contributed by atoms with Crippen LogP contribution in [-0.4, -0.2) is 33.1 Å². The lowest BCUT2D eigenvalue weighted by Gasteiger charge is -2.07. The third kappa shape index (κ3) is 4.36. The van der Waals surface area contributed by atoms with Gasteiger partial charge in [0.1, 0.15) is 6.54 Å². The van der Waals surface area contributed by atoms with Crippen molar-refractivity contribution < 1.29 is 0 Å². The summed E-state index contributed by atoms with van der Waals surface area (Å²) in [6.07, 6.45) is 2.19. The molecule has 0 fully saturated rings. The minimum Gasteiger partial charge on any atom is -0.355 e. The van der Waals surface area contributed by atoms with E-state index in [4.69, 9.17) is 5.84 Å². The van der Waals surface area contributed by atoms with Gasteiger partial charge in [0, 0.05) is 6.54 Å². The van der Waals surface area contributed by atoms with Crippen molar-refractivity contribution in [3.8, 4) is 0 Å². The second kappa shape index (κ2) is 6.71. The maximum atomic E-state index is 5.29. The molecule has 0 aliphatic carbocycles. The highest BCUT2D eigenvalue weighted by Gasteiger charge is 1.98. The third-order valence-corrected chi connectivity index (χ3v) is 1.73. The summed E-state index contributed by atoms with van der Waals surface area (Å²) in [6.45, 7) is 3.30. The van der Waals surface area contributed by atoms with Crippen LogP contribution in [0.3, 0.4) is 0 Å². The number of hydrazine groups is 1. The normalized spacial score (nSPS) is 11.5. The monoisotopic (exact) mass is 212 g/mol. The van der Waals surface area contributed by atoms with E-state index in [-0.39, 0.29) is 0 Å². The average Bonchev–Trinajstić information content (AvgIpc) is 2.76. The summed E-state index contributed by atoms with van der Waals surface area (Å²) in [6, 6.07) is 0. The van der Waals surface area contributed by atoms with Gasteiger partial charge in [-0.05, 0) is 6.42 Å². The molecule has 0 amide bonds. The van der Waals surface area contributed by atoms with Gasteiger partial charge < -0.3 is 5.32 Å². The van der Waals surface area contributed by atoms with Crippen molar-refractivity contribution in [2.75, 3.05) is 6.54 Å². The Hall–Kier alpha value is -1.70. The lowest BCUT2D eigenvalue weighted by molar-refractivity contribution is 0.729. The number of rotatable bonds is 5. The van der Waals surface area contributed by atoms with Gasteiger partial charge >= 0.3 is 0 Å². The molecule has 0 aromatic carbocycles. The Morgan fingerprint density at radius 1 is 1.60 bits per heavy atom. The topological polar surface area (TPSA) is 117 Å². The Bertz CT molecular complexity index is 279.